The van der Waals surface area contributed by atoms with Crippen molar-refractivity contribution >= 4 is 0 Å². The molecule has 0 aliphatic carbocycles. The Labute approximate surface area is 69.6 Å². The molecule has 2 nitrogen and oxygen atoms in total. The molecule has 0 radical (unpaired) electrons. The van der Waals surface area contributed by atoms with E-state index in [1.165, 1.54) is 12.8 Å². The smallest absolute Gasteiger partial charge is 0.0635 e. The molecule has 0 aliphatic heterocycles. The third-order valence-corrected chi connectivity index (χ3v) is 1.55. The molecule has 0 heterocycles. The molecule has 0 bridgehead atoms. The van der Waals surface area contributed by atoms with E-state index in [4.69, 9.17) is 5.26 Å². The molecule has 0 fully saturated rings. The summed E-state index contributed by atoms with van der Waals surface area (Å²) in [5, 5.41) is 11.4. The fourth-order valence-corrected chi connectivity index (χ4v) is 0.905. The summed E-state index contributed by atoms with van der Waals surface area (Å²) in [7, 11) is 0. The molecule has 0 rings (SSSR count). The van der Waals surface area contributed by atoms with Crippen LogP contribution in [0.4, 0.5) is 0 Å². The first-order chi connectivity index (χ1) is 5.27. The van der Waals surface area contributed by atoms with Gasteiger partial charge in [0.25, 0.3) is 0 Å². The van der Waals surface area contributed by atoms with Gasteiger partial charge in [-0.3, -0.25) is 0 Å². The highest BCUT2D eigenvalue weighted by atomic mass is 14.8. The monoisotopic (exact) mass is 154 g/mol. The van der Waals surface area contributed by atoms with Gasteiger partial charge in [-0.2, -0.15) is 5.26 Å². The van der Waals surface area contributed by atoms with Crippen molar-refractivity contribution in [3.63, 3.8) is 0 Å². The van der Waals surface area contributed by atoms with E-state index in [0.717, 1.165) is 19.0 Å². The highest BCUT2D eigenvalue weighted by molar-refractivity contribution is 4.69. The quantitative estimate of drug-likeness (QED) is 0.593. The van der Waals surface area contributed by atoms with Crippen molar-refractivity contribution in [1.82, 2.24) is 5.32 Å². The molecular weight excluding hydrogens is 136 g/mol. The molecule has 11 heavy (non-hydrogen) atoms. The van der Waals surface area contributed by atoms with E-state index in [9.17, 15) is 0 Å². The fourth-order valence-electron chi connectivity index (χ4n) is 0.905. The van der Waals surface area contributed by atoms with Crippen LogP contribution >= 0.6 is 0 Å². The van der Waals surface area contributed by atoms with Gasteiger partial charge in [-0.1, -0.05) is 13.8 Å². The van der Waals surface area contributed by atoms with Gasteiger partial charge in [-0.25, -0.2) is 0 Å². The molecule has 64 valence electrons. The van der Waals surface area contributed by atoms with E-state index >= 15 is 0 Å². The lowest BCUT2D eigenvalue weighted by Crippen LogP contribution is -2.16. The predicted octanol–water partition coefficient (Wildman–Crippen LogP) is 1.93. The maximum Gasteiger partial charge on any atom is 0.0635 e. The second-order valence-corrected chi connectivity index (χ2v) is 3.19. The molecule has 0 atom stereocenters. The largest absolute Gasteiger partial charge is 0.316 e. The van der Waals surface area contributed by atoms with Crippen molar-refractivity contribution in [2.75, 3.05) is 13.1 Å². The first-order valence-electron chi connectivity index (χ1n) is 4.35. The van der Waals surface area contributed by atoms with Crippen LogP contribution in [-0.2, 0) is 0 Å². The minimum absolute atomic E-state index is 0.627. The lowest BCUT2D eigenvalue weighted by atomic mass is 10.1. The Morgan fingerprint density at radius 1 is 1.36 bits per heavy atom. The van der Waals surface area contributed by atoms with E-state index in [0.29, 0.717) is 6.42 Å². The highest BCUT2D eigenvalue weighted by Gasteiger charge is 1.92. The number of hydrogen-bond donors (Lipinski definition) is 1. The Hall–Kier alpha value is -0.550. The molecule has 0 amide bonds. The summed E-state index contributed by atoms with van der Waals surface area (Å²) in [5.41, 5.74) is 0. The van der Waals surface area contributed by atoms with E-state index in [-0.39, 0.29) is 0 Å². The Morgan fingerprint density at radius 2 is 2.09 bits per heavy atom. The third-order valence-electron chi connectivity index (χ3n) is 1.55. The molecule has 0 saturated heterocycles. The van der Waals surface area contributed by atoms with Crippen LogP contribution in [0.15, 0.2) is 0 Å². The van der Waals surface area contributed by atoms with Gasteiger partial charge in [0.05, 0.1) is 6.07 Å². The number of hydrogen-bond acceptors (Lipinski definition) is 2. The number of nitrogens with one attached hydrogen (secondary N) is 1. The second-order valence-electron chi connectivity index (χ2n) is 3.19. The van der Waals surface area contributed by atoms with Crippen LogP contribution in [0.3, 0.4) is 0 Å². The van der Waals surface area contributed by atoms with Crippen molar-refractivity contribution in [1.29, 1.82) is 5.26 Å². The van der Waals surface area contributed by atoms with Crippen LogP contribution < -0.4 is 5.32 Å². The van der Waals surface area contributed by atoms with Gasteiger partial charge >= 0.3 is 0 Å². The van der Waals surface area contributed by atoms with E-state index in [1.807, 2.05) is 0 Å². The lowest BCUT2D eigenvalue weighted by molar-refractivity contribution is 0.530. The minimum atomic E-state index is 0.627. The van der Waals surface area contributed by atoms with Crippen molar-refractivity contribution in [3.8, 4) is 6.07 Å². The van der Waals surface area contributed by atoms with Crippen LogP contribution in [-0.4, -0.2) is 13.1 Å². The van der Waals surface area contributed by atoms with E-state index in [2.05, 4.69) is 25.2 Å². The summed E-state index contributed by atoms with van der Waals surface area (Å²) >= 11 is 0. The SMILES string of the molecule is CC(C)CCCNCCC#N. The molecule has 0 unspecified atom stereocenters. The number of nitriles is 1. The summed E-state index contributed by atoms with van der Waals surface area (Å²) in [4.78, 5) is 0. The van der Waals surface area contributed by atoms with Gasteiger partial charge in [0.1, 0.15) is 0 Å². The average Bonchev–Trinajstić information content (AvgIpc) is 1.96. The fraction of sp³-hybridized carbons (Fsp3) is 0.889. The minimum Gasteiger partial charge on any atom is -0.316 e. The maximum absolute atomic E-state index is 8.22. The number of nitrogens with zero attached hydrogens (tertiary/aromatic N) is 1. The first-order valence-corrected chi connectivity index (χ1v) is 4.35. The zero-order chi connectivity index (χ0) is 8.53. The summed E-state index contributed by atoms with van der Waals surface area (Å²) < 4.78 is 0. The van der Waals surface area contributed by atoms with Crippen molar-refractivity contribution in [3.05, 3.63) is 0 Å². The van der Waals surface area contributed by atoms with Crippen molar-refractivity contribution in [2.45, 2.75) is 33.1 Å². The van der Waals surface area contributed by atoms with Crippen molar-refractivity contribution in [2.24, 2.45) is 5.92 Å². The molecule has 0 saturated carbocycles. The Morgan fingerprint density at radius 3 is 2.64 bits per heavy atom. The van der Waals surface area contributed by atoms with Crippen LogP contribution in [0.2, 0.25) is 0 Å². The van der Waals surface area contributed by atoms with Crippen LogP contribution in [0.1, 0.15) is 33.1 Å². The zero-order valence-corrected chi connectivity index (χ0v) is 7.56. The summed E-state index contributed by atoms with van der Waals surface area (Å²) in [5.74, 6) is 0.799. The Bertz CT molecular complexity index is 113. The van der Waals surface area contributed by atoms with Gasteiger partial charge in [-0.15, -0.1) is 0 Å². The van der Waals surface area contributed by atoms with Gasteiger partial charge in [0.2, 0.25) is 0 Å². The molecule has 1 N–H and O–H groups in total. The Balaban J connectivity index is 2.86. The predicted molar refractivity (Wildman–Crippen MR) is 47.2 cm³/mol. The summed E-state index contributed by atoms with van der Waals surface area (Å²) in [6, 6.07) is 2.10. The normalized spacial score (nSPS) is 10.0. The van der Waals surface area contributed by atoms with Gasteiger partial charge in [0, 0.05) is 13.0 Å². The highest BCUT2D eigenvalue weighted by Crippen LogP contribution is 2.01. The van der Waals surface area contributed by atoms with Gasteiger partial charge < -0.3 is 5.32 Å². The maximum atomic E-state index is 8.22. The zero-order valence-electron chi connectivity index (χ0n) is 7.56. The molecule has 0 aromatic carbocycles. The Kier molecular flexibility index (Phi) is 7.18. The van der Waals surface area contributed by atoms with Crippen molar-refractivity contribution < 1.29 is 0 Å². The average molecular weight is 154 g/mol. The van der Waals surface area contributed by atoms with Crippen LogP contribution in [0, 0.1) is 17.2 Å². The first kappa shape index (κ1) is 10.4. The van der Waals surface area contributed by atoms with Crippen LogP contribution in [0.25, 0.3) is 0 Å². The molecule has 0 aromatic heterocycles. The van der Waals surface area contributed by atoms with E-state index in [1.54, 1.807) is 0 Å². The standard InChI is InChI=1S/C9H18N2/c1-9(2)5-3-7-11-8-4-6-10/h9,11H,3-5,7-8H2,1-2H3. The molecule has 0 spiro atoms. The molecular formula is C9H18N2. The summed E-state index contributed by atoms with van der Waals surface area (Å²) in [6.45, 7) is 6.36. The third kappa shape index (κ3) is 9.45. The van der Waals surface area contributed by atoms with E-state index < -0.39 is 0 Å². The number of rotatable bonds is 6. The lowest BCUT2D eigenvalue weighted by Gasteiger charge is -2.04. The molecule has 0 aromatic rings. The second kappa shape index (κ2) is 7.56. The molecule has 0 aliphatic rings. The topological polar surface area (TPSA) is 35.8 Å². The molecule has 2 heteroatoms. The van der Waals surface area contributed by atoms with Crippen LogP contribution in [0.5, 0.6) is 0 Å². The summed E-state index contributed by atoms with van der Waals surface area (Å²) in [6.07, 6.45) is 3.13. The van der Waals surface area contributed by atoms with Gasteiger partial charge in [-0.05, 0) is 25.3 Å². The van der Waals surface area contributed by atoms with Gasteiger partial charge in [0.15, 0.2) is 0 Å².